The fraction of sp³-hybridized carbons (Fsp3) is 0.333. The predicted octanol–water partition coefficient (Wildman–Crippen LogP) is 3.45. The van der Waals surface area contributed by atoms with Crippen molar-refractivity contribution in [2.24, 2.45) is 11.8 Å². The first-order valence-electron chi connectivity index (χ1n) is 8.72. The number of carbonyl (C=O) groups is 2. The normalized spacial score (nSPS) is 13.0. The number of nitrogens with one attached hydrogen (secondary N) is 1. The summed E-state index contributed by atoms with van der Waals surface area (Å²) in [5, 5.41) is 12.1. The van der Waals surface area contributed by atoms with Crippen LogP contribution in [-0.2, 0) is 22.4 Å². The first-order chi connectivity index (χ1) is 12.4. The standard InChI is InChI=1S/C21H24FNO3/c1-15(10-17-8-5-9-19(22)13-17)11-20(24)23-14-18(21(25)26)12-16-6-3-2-4-7-16/h2-9,13,15,18H,10-12,14H2,1H3,(H,23,24)(H,25,26). The molecule has 2 atom stereocenters. The average molecular weight is 357 g/mol. The molecular weight excluding hydrogens is 333 g/mol. The number of carboxylic acid groups (broad SMARTS) is 1. The lowest BCUT2D eigenvalue weighted by atomic mass is 9.97. The van der Waals surface area contributed by atoms with Crippen LogP contribution >= 0.6 is 0 Å². The zero-order chi connectivity index (χ0) is 18.9. The Morgan fingerprint density at radius 2 is 1.73 bits per heavy atom. The van der Waals surface area contributed by atoms with Crippen molar-refractivity contribution in [2.75, 3.05) is 6.54 Å². The van der Waals surface area contributed by atoms with Crippen LogP contribution in [0.4, 0.5) is 4.39 Å². The number of amides is 1. The molecule has 0 fully saturated rings. The van der Waals surface area contributed by atoms with E-state index >= 15 is 0 Å². The van der Waals surface area contributed by atoms with E-state index in [0.29, 0.717) is 12.8 Å². The number of hydrogen-bond acceptors (Lipinski definition) is 2. The SMILES string of the molecule is CC(CC(=O)NCC(Cc1ccccc1)C(=O)O)Cc1cccc(F)c1. The van der Waals surface area contributed by atoms with Crippen LogP contribution in [0, 0.1) is 17.7 Å². The van der Waals surface area contributed by atoms with Crippen LogP contribution in [0.5, 0.6) is 0 Å². The van der Waals surface area contributed by atoms with Crippen molar-refractivity contribution in [3.05, 3.63) is 71.5 Å². The average Bonchev–Trinajstić information content (AvgIpc) is 2.59. The molecule has 5 heteroatoms. The molecule has 0 aliphatic carbocycles. The Morgan fingerprint density at radius 3 is 2.38 bits per heavy atom. The first-order valence-corrected chi connectivity index (χ1v) is 8.72. The van der Waals surface area contributed by atoms with Crippen molar-refractivity contribution < 1.29 is 19.1 Å². The molecule has 138 valence electrons. The zero-order valence-corrected chi connectivity index (χ0v) is 14.8. The van der Waals surface area contributed by atoms with Crippen molar-refractivity contribution in [1.82, 2.24) is 5.32 Å². The lowest BCUT2D eigenvalue weighted by molar-refractivity contribution is -0.141. The smallest absolute Gasteiger partial charge is 0.308 e. The highest BCUT2D eigenvalue weighted by Gasteiger charge is 2.19. The van der Waals surface area contributed by atoms with E-state index in [4.69, 9.17) is 0 Å². The molecule has 4 nitrogen and oxygen atoms in total. The van der Waals surface area contributed by atoms with Crippen LogP contribution in [0.1, 0.15) is 24.5 Å². The number of benzene rings is 2. The number of aliphatic carboxylic acids is 1. The Bertz CT molecular complexity index is 733. The van der Waals surface area contributed by atoms with E-state index in [9.17, 15) is 19.1 Å². The number of carboxylic acids is 1. The van der Waals surface area contributed by atoms with Crippen LogP contribution in [0.15, 0.2) is 54.6 Å². The lowest BCUT2D eigenvalue weighted by Crippen LogP contribution is -2.34. The second-order valence-corrected chi connectivity index (χ2v) is 6.67. The number of rotatable bonds is 9. The molecular formula is C21H24FNO3. The first kappa shape index (κ1) is 19.6. The van der Waals surface area contributed by atoms with E-state index in [-0.39, 0.29) is 30.6 Å². The molecule has 2 rings (SSSR count). The van der Waals surface area contributed by atoms with Gasteiger partial charge in [0.25, 0.3) is 0 Å². The summed E-state index contributed by atoms with van der Waals surface area (Å²) in [4.78, 5) is 23.5. The van der Waals surface area contributed by atoms with Crippen molar-refractivity contribution in [1.29, 1.82) is 0 Å². The topological polar surface area (TPSA) is 66.4 Å². The molecule has 2 N–H and O–H groups in total. The Labute approximate surface area is 153 Å². The van der Waals surface area contributed by atoms with E-state index in [1.165, 1.54) is 12.1 Å². The quantitative estimate of drug-likeness (QED) is 0.722. The fourth-order valence-electron chi connectivity index (χ4n) is 2.91. The lowest BCUT2D eigenvalue weighted by Gasteiger charge is -2.15. The van der Waals surface area contributed by atoms with E-state index in [0.717, 1.165) is 11.1 Å². The fourth-order valence-corrected chi connectivity index (χ4v) is 2.91. The maximum Gasteiger partial charge on any atom is 0.308 e. The van der Waals surface area contributed by atoms with Gasteiger partial charge >= 0.3 is 5.97 Å². The zero-order valence-electron chi connectivity index (χ0n) is 14.8. The van der Waals surface area contributed by atoms with E-state index in [1.807, 2.05) is 43.3 Å². The van der Waals surface area contributed by atoms with Crippen molar-refractivity contribution in [3.63, 3.8) is 0 Å². The molecule has 1 amide bonds. The second kappa shape index (κ2) is 9.70. The number of hydrogen-bond donors (Lipinski definition) is 2. The molecule has 0 saturated heterocycles. The molecule has 2 aromatic carbocycles. The number of halogens is 1. The van der Waals surface area contributed by atoms with Crippen molar-refractivity contribution in [3.8, 4) is 0 Å². The molecule has 0 aliphatic heterocycles. The summed E-state index contributed by atoms with van der Waals surface area (Å²) >= 11 is 0. The minimum atomic E-state index is -0.929. The van der Waals surface area contributed by atoms with E-state index < -0.39 is 11.9 Å². The van der Waals surface area contributed by atoms with Crippen molar-refractivity contribution in [2.45, 2.75) is 26.2 Å². The van der Waals surface area contributed by atoms with Crippen LogP contribution in [0.2, 0.25) is 0 Å². The Morgan fingerprint density at radius 1 is 1.04 bits per heavy atom. The van der Waals surface area contributed by atoms with Gasteiger partial charge in [0.1, 0.15) is 5.82 Å². The molecule has 2 aromatic rings. The third-order valence-electron chi connectivity index (χ3n) is 4.23. The summed E-state index contributed by atoms with van der Waals surface area (Å²) in [6, 6.07) is 15.7. The van der Waals surface area contributed by atoms with Gasteiger partial charge in [-0.05, 0) is 42.0 Å². The molecule has 0 heterocycles. The highest BCUT2D eigenvalue weighted by atomic mass is 19.1. The minimum Gasteiger partial charge on any atom is -0.481 e. The largest absolute Gasteiger partial charge is 0.481 e. The summed E-state index contributed by atoms with van der Waals surface area (Å²) in [6.45, 7) is 2.01. The number of carbonyl (C=O) groups excluding carboxylic acids is 1. The predicted molar refractivity (Wildman–Crippen MR) is 98.2 cm³/mol. The molecule has 2 unspecified atom stereocenters. The van der Waals surface area contributed by atoms with Gasteiger partial charge in [0.15, 0.2) is 0 Å². The summed E-state index contributed by atoms with van der Waals surface area (Å²) in [7, 11) is 0. The van der Waals surface area contributed by atoms with Gasteiger partial charge in [-0.25, -0.2) is 4.39 Å². The van der Waals surface area contributed by atoms with E-state index in [1.54, 1.807) is 6.07 Å². The van der Waals surface area contributed by atoms with Crippen LogP contribution < -0.4 is 5.32 Å². The van der Waals surface area contributed by atoms with Gasteiger partial charge in [-0.3, -0.25) is 9.59 Å². The molecule has 0 saturated carbocycles. The van der Waals surface area contributed by atoms with Crippen LogP contribution in [0.25, 0.3) is 0 Å². The monoisotopic (exact) mass is 357 g/mol. The second-order valence-electron chi connectivity index (χ2n) is 6.67. The Hall–Kier alpha value is -2.69. The van der Waals surface area contributed by atoms with Gasteiger partial charge in [0.05, 0.1) is 5.92 Å². The highest BCUT2D eigenvalue weighted by molar-refractivity contribution is 5.77. The van der Waals surface area contributed by atoms with Gasteiger partial charge in [0, 0.05) is 13.0 Å². The molecule has 0 radical (unpaired) electrons. The highest BCUT2D eigenvalue weighted by Crippen LogP contribution is 2.13. The van der Waals surface area contributed by atoms with Crippen LogP contribution in [-0.4, -0.2) is 23.5 Å². The van der Waals surface area contributed by atoms with Gasteiger partial charge in [-0.2, -0.15) is 0 Å². The van der Waals surface area contributed by atoms with Gasteiger partial charge in [-0.1, -0.05) is 49.4 Å². The van der Waals surface area contributed by atoms with E-state index in [2.05, 4.69) is 5.32 Å². The van der Waals surface area contributed by atoms with Crippen LogP contribution in [0.3, 0.4) is 0 Å². The van der Waals surface area contributed by atoms with Gasteiger partial charge in [0.2, 0.25) is 5.91 Å². The Kier molecular flexibility index (Phi) is 7.33. The molecule has 0 aliphatic rings. The van der Waals surface area contributed by atoms with Gasteiger partial charge in [-0.15, -0.1) is 0 Å². The van der Waals surface area contributed by atoms with Gasteiger partial charge < -0.3 is 10.4 Å². The molecule has 26 heavy (non-hydrogen) atoms. The summed E-state index contributed by atoms with van der Waals surface area (Å²) < 4.78 is 13.2. The molecule has 0 spiro atoms. The summed E-state index contributed by atoms with van der Waals surface area (Å²) in [6.07, 6.45) is 1.24. The maximum atomic E-state index is 13.2. The third kappa shape index (κ3) is 6.67. The maximum absolute atomic E-state index is 13.2. The summed E-state index contributed by atoms with van der Waals surface area (Å²) in [5.41, 5.74) is 1.77. The molecule has 0 bridgehead atoms. The summed E-state index contributed by atoms with van der Waals surface area (Å²) in [5.74, 6) is -2.03. The Balaban J connectivity index is 1.81. The van der Waals surface area contributed by atoms with Crippen molar-refractivity contribution >= 4 is 11.9 Å². The third-order valence-corrected chi connectivity index (χ3v) is 4.23. The minimum absolute atomic E-state index is 0.0363. The molecule has 0 aromatic heterocycles.